The fourth-order valence-corrected chi connectivity index (χ4v) is 4.31. The molecule has 0 bridgehead atoms. The van der Waals surface area contributed by atoms with Crippen molar-refractivity contribution in [3.63, 3.8) is 0 Å². The molecular formula is C24H16BrN5OS. The fourth-order valence-electron chi connectivity index (χ4n) is 3.30. The van der Waals surface area contributed by atoms with E-state index in [0.717, 1.165) is 27.0 Å². The quantitative estimate of drug-likeness (QED) is 0.305. The topological polar surface area (TPSA) is 73.0 Å². The maximum absolute atomic E-state index is 12.5. The molecule has 0 saturated carbocycles. The molecule has 0 radical (unpaired) electrons. The molecular weight excluding hydrogens is 486 g/mol. The largest absolute Gasteiger partial charge is 0.269 e. The van der Waals surface area contributed by atoms with Crippen molar-refractivity contribution in [2.45, 2.75) is 10.9 Å². The summed E-state index contributed by atoms with van der Waals surface area (Å²) < 4.78 is 2.33. The maximum Gasteiger partial charge on any atom is 0.258 e. The number of hydrogen-bond donors (Lipinski definition) is 0. The van der Waals surface area contributed by atoms with E-state index in [0.29, 0.717) is 22.3 Å². The lowest BCUT2D eigenvalue weighted by molar-refractivity contribution is 0.849. The number of aromatic nitrogens is 5. The van der Waals surface area contributed by atoms with Gasteiger partial charge in [0.1, 0.15) is 17.0 Å². The van der Waals surface area contributed by atoms with Crippen LogP contribution >= 0.6 is 27.7 Å². The first-order valence-corrected chi connectivity index (χ1v) is 11.6. The SMILES string of the molecule is O=c1cc(CSc2nnc(-c3ccccc3)c(-c3ccccc3)n2)nc2ccc(Br)cn12. The monoisotopic (exact) mass is 501 g/mol. The first-order valence-electron chi connectivity index (χ1n) is 9.83. The highest BCUT2D eigenvalue weighted by Crippen LogP contribution is 2.30. The summed E-state index contributed by atoms with van der Waals surface area (Å²) in [5.41, 5.74) is 4.56. The van der Waals surface area contributed by atoms with Crippen molar-refractivity contribution in [1.82, 2.24) is 24.6 Å². The van der Waals surface area contributed by atoms with E-state index >= 15 is 0 Å². The van der Waals surface area contributed by atoms with Crippen LogP contribution in [0.4, 0.5) is 0 Å². The number of rotatable bonds is 5. The Bertz CT molecular complexity index is 1460. The number of halogens is 1. The van der Waals surface area contributed by atoms with Crippen LogP contribution in [-0.2, 0) is 5.75 Å². The highest BCUT2D eigenvalue weighted by Gasteiger charge is 2.14. The predicted octanol–water partition coefficient (Wildman–Crippen LogP) is 5.27. The number of benzene rings is 2. The van der Waals surface area contributed by atoms with Crippen LogP contribution in [0.15, 0.2) is 99.5 Å². The molecule has 0 aliphatic rings. The third-order valence-corrected chi connectivity index (χ3v) is 6.13. The van der Waals surface area contributed by atoms with E-state index in [4.69, 9.17) is 4.98 Å². The number of fused-ring (bicyclic) bond motifs is 1. The molecule has 0 aliphatic heterocycles. The Balaban J connectivity index is 1.48. The zero-order valence-corrected chi connectivity index (χ0v) is 19.1. The third kappa shape index (κ3) is 4.32. The molecule has 0 spiro atoms. The van der Waals surface area contributed by atoms with Gasteiger partial charge in [0, 0.05) is 33.6 Å². The van der Waals surface area contributed by atoms with E-state index in [-0.39, 0.29) is 5.56 Å². The van der Waals surface area contributed by atoms with Crippen molar-refractivity contribution >= 4 is 33.3 Å². The van der Waals surface area contributed by atoms with Crippen LogP contribution in [0.2, 0.25) is 0 Å². The highest BCUT2D eigenvalue weighted by molar-refractivity contribution is 9.10. The summed E-state index contributed by atoms with van der Waals surface area (Å²) in [6.07, 6.45) is 1.71. The standard InChI is InChI=1S/C24H16BrN5OS/c25-18-11-12-20-26-19(13-21(31)30(20)14-18)15-32-24-27-22(16-7-3-1-4-8-16)23(28-29-24)17-9-5-2-6-10-17/h1-14H,15H2. The Kier molecular flexibility index (Phi) is 5.79. The zero-order chi connectivity index (χ0) is 21.9. The Morgan fingerprint density at radius 1 is 0.812 bits per heavy atom. The van der Waals surface area contributed by atoms with Crippen LogP contribution in [-0.4, -0.2) is 24.6 Å². The first-order chi connectivity index (χ1) is 15.7. The van der Waals surface area contributed by atoms with Gasteiger partial charge in [-0.25, -0.2) is 9.97 Å². The van der Waals surface area contributed by atoms with Gasteiger partial charge in [-0.2, -0.15) is 0 Å². The van der Waals surface area contributed by atoms with Crippen LogP contribution in [0.1, 0.15) is 5.69 Å². The van der Waals surface area contributed by atoms with Crippen molar-refractivity contribution in [1.29, 1.82) is 0 Å². The maximum atomic E-state index is 12.5. The Morgan fingerprint density at radius 3 is 2.22 bits per heavy atom. The Labute approximate surface area is 196 Å². The Hall–Kier alpha value is -3.36. The zero-order valence-electron chi connectivity index (χ0n) is 16.7. The summed E-state index contributed by atoms with van der Waals surface area (Å²) in [6, 6.07) is 25.0. The summed E-state index contributed by atoms with van der Waals surface area (Å²) >= 11 is 4.78. The molecule has 0 unspecified atom stereocenters. The lowest BCUT2D eigenvalue weighted by Gasteiger charge is -2.09. The summed E-state index contributed by atoms with van der Waals surface area (Å²) in [6.45, 7) is 0. The van der Waals surface area contributed by atoms with E-state index in [1.165, 1.54) is 22.2 Å². The van der Waals surface area contributed by atoms with Crippen molar-refractivity contribution in [3.8, 4) is 22.5 Å². The number of thioether (sulfide) groups is 1. The molecule has 156 valence electrons. The predicted molar refractivity (Wildman–Crippen MR) is 129 cm³/mol. The van der Waals surface area contributed by atoms with Gasteiger partial charge in [-0.3, -0.25) is 9.20 Å². The van der Waals surface area contributed by atoms with Crippen LogP contribution in [0, 0.1) is 0 Å². The smallest absolute Gasteiger partial charge is 0.258 e. The van der Waals surface area contributed by atoms with Crippen LogP contribution in [0.5, 0.6) is 0 Å². The van der Waals surface area contributed by atoms with Crippen molar-refractivity contribution in [2.75, 3.05) is 0 Å². The Morgan fingerprint density at radius 2 is 1.50 bits per heavy atom. The number of pyridine rings is 1. The van der Waals surface area contributed by atoms with Crippen LogP contribution in [0.3, 0.4) is 0 Å². The second-order valence-corrected chi connectivity index (χ2v) is 8.83. The molecule has 3 heterocycles. The lowest BCUT2D eigenvalue weighted by Crippen LogP contribution is -2.15. The minimum absolute atomic E-state index is 0.129. The van der Waals surface area contributed by atoms with E-state index in [9.17, 15) is 4.79 Å². The van der Waals surface area contributed by atoms with Gasteiger partial charge in [0.2, 0.25) is 5.16 Å². The van der Waals surface area contributed by atoms with Gasteiger partial charge in [-0.1, -0.05) is 72.4 Å². The number of hydrogen-bond acceptors (Lipinski definition) is 6. The third-order valence-electron chi connectivity index (χ3n) is 4.79. The van der Waals surface area contributed by atoms with Crippen LogP contribution < -0.4 is 5.56 Å². The molecule has 2 aromatic carbocycles. The van der Waals surface area contributed by atoms with Crippen LogP contribution in [0.25, 0.3) is 28.2 Å². The normalized spacial score (nSPS) is 11.0. The second kappa shape index (κ2) is 9.02. The molecule has 0 atom stereocenters. The van der Waals surface area contributed by atoms with E-state index in [2.05, 4.69) is 31.1 Å². The molecule has 0 N–H and O–H groups in total. The highest BCUT2D eigenvalue weighted by atomic mass is 79.9. The minimum Gasteiger partial charge on any atom is -0.269 e. The van der Waals surface area contributed by atoms with Crippen molar-refractivity contribution in [2.24, 2.45) is 0 Å². The molecule has 6 nitrogen and oxygen atoms in total. The average molecular weight is 502 g/mol. The van der Waals surface area contributed by atoms with E-state index < -0.39 is 0 Å². The molecule has 5 aromatic rings. The minimum atomic E-state index is -0.129. The molecule has 0 aliphatic carbocycles. The first kappa shape index (κ1) is 20.5. The van der Waals surface area contributed by atoms with Gasteiger partial charge in [0.15, 0.2) is 0 Å². The van der Waals surface area contributed by atoms with Crippen molar-refractivity contribution < 1.29 is 0 Å². The van der Waals surface area contributed by atoms with Crippen molar-refractivity contribution in [3.05, 3.63) is 106 Å². The summed E-state index contributed by atoms with van der Waals surface area (Å²) in [5.74, 6) is 0.461. The fraction of sp³-hybridized carbons (Fsp3) is 0.0417. The summed E-state index contributed by atoms with van der Waals surface area (Å²) in [4.78, 5) is 21.8. The lowest BCUT2D eigenvalue weighted by atomic mass is 10.0. The molecule has 0 fully saturated rings. The van der Waals surface area contributed by atoms with Gasteiger partial charge in [-0.05, 0) is 28.1 Å². The summed E-state index contributed by atoms with van der Waals surface area (Å²) in [7, 11) is 0. The van der Waals surface area contributed by atoms with Gasteiger partial charge < -0.3 is 0 Å². The molecule has 8 heteroatoms. The molecule has 32 heavy (non-hydrogen) atoms. The molecule has 0 saturated heterocycles. The average Bonchev–Trinajstić information content (AvgIpc) is 2.84. The number of nitrogens with zero attached hydrogens (tertiary/aromatic N) is 5. The van der Waals surface area contributed by atoms with E-state index in [1.807, 2.05) is 66.7 Å². The summed E-state index contributed by atoms with van der Waals surface area (Å²) in [5, 5.41) is 9.36. The van der Waals surface area contributed by atoms with E-state index in [1.54, 1.807) is 12.3 Å². The van der Waals surface area contributed by atoms with Gasteiger partial charge in [-0.15, -0.1) is 10.2 Å². The van der Waals surface area contributed by atoms with Gasteiger partial charge >= 0.3 is 0 Å². The second-order valence-electron chi connectivity index (χ2n) is 6.97. The molecule has 3 aromatic heterocycles. The van der Waals surface area contributed by atoms with Gasteiger partial charge in [0.25, 0.3) is 5.56 Å². The molecule has 0 amide bonds. The van der Waals surface area contributed by atoms with Gasteiger partial charge in [0.05, 0.1) is 5.69 Å². The molecule has 5 rings (SSSR count).